The Balaban J connectivity index is 1.83. The van der Waals surface area contributed by atoms with E-state index in [0.29, 0.717) is 17.3 Å². The van der Waals surface area contributed by atoms with Gasteiger partial charge in [0.15, 0.2) is 0 Å². The Labute approximate surface area is 128 Å². The van der Waals surface area contributed by atoms with Gasteiger partial charge in [-0.2, -0.15) is 5.10 Å². The molecule has 0 spiro atoms. The predicted octanol–water partition coefficient (Wildman–Crippen LogP) is 3.46. The maximum atomic E-state index is 12.0. The molecule has 0 atom stereocenters. The van der Waals surface area contributed by atoms with Crippen LogP contribution in [0.2, 0.25) is 5.02 Å². The molecule has 0 bridgehead atoms. The zero-order chi connectivity index (χ0) is 16.2. The minimum absolute atomic E-state index is 0.152. The number of anilines is 1. The van der Waals surface area contributed by atoms with E-state index in [9.17, 15) is 18.0 Å². The standard InChI is InChI=1S/C13H11ClF3N3O2/c14-9-7-18-20(8-9)6-5-12(21)19-10-1-3-11(4-2-10)22-13(15,16)17/h1-4,7-8H,5-6H2,(H,19,21). The highest BCUT2D eigenvalue weighted by Gasteiger charge is 2.30. The lowest BCUT2D eigenvalue weighted by atomic mass is 10.3. The van der Waals surface area contributed by atoms with Gasteiger partial charge in [0.25, 0.3) is 0 Å². The number of hydrogen-bond acceptors (Lipinski definition) is 3. The molecule has 118 valence electrons. The molecule has 0 unspecified atom stereocenters. The number of halogens is 4. The van der Waals surface area contributed by atoms with Crippen molar-refractivity contribution >= 4 is 23.2 Å². The molecule has 0 saturated heterocycles. The van der Waals surface area contributed by atoms with Gasteiger partial charge >= 0.3 is 6.36 Å². The Morgan fingerprint density at radius 3 is 2.55 bits per heavy atom. The second-order valence-electron chi connectivity index (χ2n) is 4.29. The van der Waals surface area contributed by atoms with Crippen molar-refractivity contribution in [2.45, 2.75) is 19.3 Å². The molecule has 2 aromatic rings. The number of carbonyl (C=O) groups excluding carboxylic acids is 1. The average Bonchev–Trinajstić information content (AvgIpc) is 2.83. The van der Waals surface area contributed by atoms with E-state index in [0.717, 1.165) is 12.1 Å². The fourth-order valence-electron chi connectivity index (χ4n) is 1.64. The first-order valence-corrected chi connectivity index (χ1v) is 6.53. The molecule has 5 nitrogen and oxygen atoms in total. The number of hydrogen-bond donors (Lipinski definition) is 1. The number of benzene rings is 1. The molecule has 2 rings (SSSR count). The molecule has 1 aromatic heterocycles. The van der Waals surface area contributed by atoms with Gasteiger partial charge in [-0.15, -0.1) is 13.2 Å². The summed E-state index contributed by atoms with van der Waals surface area (Å²) in [6.07, 6.45) is -1.55. The minimum Gasteiger partial charge on any atom is -0.406 e. The summed E-state index contributed by atoms with van der Waals surface area (Å²) in [5, 5.41) is 6.95. The molecule has 0 radical (unpaired) electrons. The number of nitrogens with zero attached hydrogens (tertiary/aromatic N) is 2. The molecular formula is C13H11ClF3N3O2. The first-order valence-electron chi connectivity index (χ1n) is 6.15. The van der Waals surface area contributed by atoms with E-state index < -0.39 is 6.36 Å². The summed E-state index contributed by atoms with van der Waals surface area (Å²) in [5.41, 5.74) is 0.373. The monoisotopic (exact) mass is 333 g/mol. The summed E-state index contributed by atoms with van der Waals surface area (Å²) >= 11 is 5.69. The molecule has 0 aliphatic rings. The van der Waals surface area contributed by atoms with E-state index in [-0.39, 0.29) is 18.1 Å². The van der Waals surface area contributed by atoms with E-state index in [1.807, 2.05) is 0 Å². The summed E-state index contributed by atoms with van der Waals surface area (Å²) in [7, 11) is 0. The van der Waals surface area contributed by atoms with Crippen molar-refractivity contribution in [3.8, 4) is 5.75 Å². The summed E-state index contributed by atoms with van der Waals surface area (Å²) in [6, 6.07) is 4.89. The van der Waals surface area contributed by atoms with Crippen LogP contribution >= 0.6 is 11.6 Å². The zero-order valence-electron chi connectivity index (χ0n) is 11.1. The number of ether oxygens (including phenoxy) is 1. The number of rotatable bonds is 5. The molecule has 1 amide bonds. The van der Waals surface area contributed by atoms with Crippen LogP contribution in [0.1, 0.15) is 6.42 Å². The molecule has 0 fully saturated rings. The summed E-state index contributed by atoms with van der Waals surface area (Å²) in [4.78, 5) is 11.7. The van der Waals surface area contributed by atoms with Crippen LogP contribution in [0.15, 0.2) is 36.7 Å². The zero-order valence-corrected chi connectivity index (χ0v) is 11.9. The number of amides is 1. The first kappa shape index (κ1) is 16.2. The molecule has 0 aliphatic carbocycles. The van der Waals surface area contributed by atoms with Crippen LogP contribution in [0.5, 0.6) is 5.75 Å². The maximum Gasteiger partial charge on any atom is 0.573 e. The van der Waals surface area contributed by atoms with Crippen molar-refractivity contribution in [1.82, 2.24) is 9.78 Å². The SMILES string of the molecule is O=C(CCn1cc(Cl)cn1)Nc1ccc(OC(F)(F)F)cc1. The minimum atomic E-state index is -4.74. The van der Waals surface area contributed by atoms with Gasteiger partial charge in [0.1, 0.15) is 5.75 Å². The van der Waals surface area contributed by atoms with E-state index in [4.69, 9.17) is 11.6 Å². The number of alkyl halides is 3. The Kier molecular flexibility index (Phi) is 4.92. The quantitative estimate of drug-likeness (QED) is 0.911. The molecule has 9 heteroatoms. The fraction of sp³-hybridized carbons (Fsp3) is 0.231. The lowest BCUT2D eigenvalue weighted by molar-refractivity contribution is -0.274. The van der Waals surface area contributed by atoms with Gasteiger partial charge in [0, 0.05) is 24.8 Å². The van der Waals surface area contributed by atoms with Crippen LogP contribution in [-0.2, 0) is 11.3 Å². The van der Waals surface area contributed by atoms with Gasteiger partial charge in [-0.3, -0.25) is 9.48 Å². The summed E-state index contributed by atoms with van der Waals surface area (Å²) in [6.45, 7) is 0.341. The highest BCUT2D eigenvalue weighted by Crippen LogP contribution is 2.23. The van der Waals surface area contributed by atoms with Crippen LogP contribution in [0, 0.1) is 0 Å². The van der Waals surface area contributed by atoms with Crippen molar-refractivity contribution in [2.75, 3.05) is 5.32 Å². The van der Waals surface area contributed by atoms with Crippen molar-refractivity contribution in [3.63, 3.8) is 0 Å². The third-order valence-corrected chi connectivity index (χ3v) is 2.74. The smallest absolute Gasteiger partial charge is 0.406 e. The molecule has 22 heavy (non-hydrogen) atoms. The molecule has 0 saturated carbocycles. The maximum absolute atomic E-state index is 12.0. The number of aromatic nitrogens is 2. The Bertz CT molecular complexity index is 641. The van der Waals surface area contributed by atoms with E-state index in [1.165, 1.54) is 23.0 Å². The number of nitrogens with one attached hydrogen (secondary N) is 1. The molecule has 1 heterocycles. The third kappa shape index (κ3) is 5.28. The van der Waals surface area contributed by atoms with Crippen LogP contribution < -0.4 is 10.1 Å². The highest BCUT2D eigenvalue weighted by molar-refractivity contribution is 6.30. The van der Waals surface area contributed by atoms with Crippen molar-refractivity contribution < 1.29 is 22.7 Å². The predicted molar refractivity (Wildman–Crippen MR) is 73.6 cm³/mol. The fourth-order valence-corrected chi connectivity index (χ4v) is 1.80. The lowest BCUT2D eigenvalue weighted by Crippen LogP contribution is -2.17. The summed E-state index contributed by atoms with van der Waals surface area (Å²) < 4.78 is 41.3. The van der Waals surface area contributed by atoms with Gasteiger partial charge in [-0.05, 0) is 24.3 Å². The van der Waals surface area contributed by atoms with Crippen LogP contribution in [-0.4, -0.2) is 22.1 Å². The van der Waals surface area contributed by atoms with Crippen LogP contribution in [0.4, 0.5) is 18.9 Å². The van der Waals surface area contributed by atoms with Crippen LogP contribution in [0.25, 0.3) is 0 Å². The number of carbonyl (C=O) groups is 1. The number of aryl methyl sites for hydroxylation is 1. The summed E-state index contributed by atoms with van der Waals surface area (Å²) in [5.74, 6) is -0.646. The Morgan fingerprint density at radius 1 is 1.32 bits per heavy atom. The van der Waals surface area contributed by atoms with Gasteiger partial charge in [-0.1, -0.05) is 11.6 Å². The van der Waals surface area contributed by atoms with Gasteiger partial charge in [-0.25, -0.2) is 0 Å². The topological polar surface area (TPSA) is 56.2 Å². The van der Waals surface area contributed by atoms with Gasteiger partial charge in [0.05, 0.1) is 11.2 Å². The molecule has 0 aliphatic heterocycles. The molecule has 1 N–H and O–H groups in total. The van der Waals surface area contributed by atoms with Gasteiger partial charge in [0.2, 0.25) is 5.91 Å². The van der Waals surface area contributed by atoms with Crippen molar-refractivity contribution in [1.29, 1.82) is 0 Å². The van der Waals surface area contributed by atoms with E-state index in [2.05, 4.69) is 15.2 Å². The van der Waals surface area contributed by atoms with Crippen molar-refractivity contribution in [3.05, 3.63) is 41.7 Å². The van der Waals surface area contributed by atoms with Crippen molar-refractivity contribution in [2.24, 2.45) is 0 Å². The molecule has 1 aromatic carbocycles. The highest BCUT2D eigenvalue weighted by atomic mass is 35.5. The van der Waals surface area contributed by atoms with Crippen LogP contribution in [0.3, 0.4) is 0 Å². The Morgan fingerprint density at radius 2 is 2.00 bits per heavy atom. The van der Waals surface area contributed by atoms with Gasteiger partial charge < -0.3 is 10.1 Å². The van der Waals surface area contributed by atoms with E-state index >= 15 is 0 Å². The lowest BCUT2D eigenvalue weighted by Gasteiger charge is -2.10. The second-order valence-corrected chi connectivity index (χ2v) is 4.73. The third-order valence-electron chi connectivity index (χ3n) is 2.54. The largest absolute Gasteiger partial charge is 0.573 e. The second kappa shape index (κ2) is 6.69. The molecular weight excluding hydrogens is 323 g/mol. The average molecular weight is 334 g/mol. The van der Waals surface area contributed by atoms with E-state index in [1.54, 1.807) is 6.20 Å². The first-order chi connectivity index (χ1) is 10.3. The normalized spacial score (nSPS) is 11.3. The Hall–Kier alpha value is -2.22.